The Morgan fingerprint density at radius 1 is 0.438 bits per heavy atom. The maximum Gasteiger partial charge on any atom is -0.0349 e. The molecule has 4 rings (SSSR count). The molecule has 0 aromatic carbocycles. The van der Waals surface area contributed by atoms with Gasteiger partial charge in [-0.2, -0.15) is 0 Å². The Labute approximate surface area is 100 Å². The second-order valence-electron chi connectivity index (χ2n) is 7.22. The highest BCUT2D eigenvalue weighted by atomic mass is 14.6. The lowest BCUT2D eigenvalue weighted by atomic mass is 9.75. The summed E-state index contributed by atoms with van der Waals surface area (Å²) < 4.78 is 0. The van der Waals surface area contributed by atoms with Crippen molar-refractivity contribution in [3.05, 3.63) is 0 Å². The summed E-state index contributed by atoms with van der Waals surface area (Å²) in [6.45, 7) is 0. The van der Waals surface area contributed by atoms with Gasteiger partial charge in [0.15, 0.2) is 0 Å². The summed E-state index contributed by atoms with van der Waals surface area (Å²) in [6.07, 6.45) is 15.9. The molecule has 0 heteroatoms. The van der Waals surface area contributed by atoms with Gasteiger partial charge in [0.2, 0.25) is 0 Å². The van der Waals surface area contributed by atoms with Crippen LogP contribution in [0, 0.1) is 35.5 Å². The summed E-state index contributed by atoms with van der Waals surface area (Å²) in [6, 6.07) is 0. The van der Waals surface area contributed by atoms with Crippen LogP contribution >= 0.6 is 0 Å². The normalized spacial score (nSPS) is 55.5. The topological polar surface area (TPSA) is 0 Å². The van der Waals surface area contributed by atoms with Crippen molar-refractivity contribution >= 4 is 0 Å². The lowest BCUT2D eigenvalue weighted by Crippen LogP contribution is -2.20. The van der Waals surface area contributed by atoms with Crippen molar-refractivity contribution in [2.24, 2.45) is 35.5 Å². The summed E-state index contributed by atoms with van der Waals surface area (Å²) in [5.74, 6) is 7.10. The molecular formula is C16H26. The molecule has 0 nitrogen and oxygen atoms in total. The maximum atomic E-state index is 1.65. The molecule has 4 fully saturated rings. The predicted molar refractivity (Wildman–Crippen MR) is 67.1 cm³/mol. The van der Waals surface area contributed by atoms with Gasteiger partial charge in [0.05, 0.1) is 0 Å². The minimum atomic E-state index is 1.17. The second-order valence-corrected chi connectivity index (χ2v) is 7.22. The highest BCUT2D eigenvalue weighted by Gasteiger charge is 2.53. The van der Waals surface area contributed by atoms with E-state index < -0.39 is 0 Å². The predicted octanol–water partition coefficient (Wildman–Crippen LogP) is 4.64. The third-order valence-electron chi connectivity index (χ3n) is 6.74. The lowest BCUT2D eigenvalue weighted by Gasteiger charge is -2.31. The van der Waals surface area contributed by atoms with E-state index in [2.05, 4.69) is 0 Å². The molecule has 0 spiro atoms. The van der Waals surface area contributed by atoms with Crippen molar-refractivity contribution in [3.63, 3.8) is 0 Å². The first-order valence-electron chi connectivity index (χ1n) is 7.93. The Morgan fingerprint density at radius 3 is 1.38 bits per heavy atom. The van der Waals surface area contributed by atoms with Gasteiger partial charge in [-0.05, 0) is 61.2 Å². The molecule has 0 heterocycles. The Balaban J connectivity index is 1.57. The van der Waals surface area contributed by atoms with Crippen molar-refractivity contribution < 1.29 is 0 Å². The van der Waals surface area contributed by atoms with E-state index >= 15 is 0 Å². The molecule has 90 valence electrons. The van der Waals surface area contributed by atoms with Crippen LogP contribution in [0.15, 0.2) is 0 Å². The fraction of sp³-hybridized carbons (Fsp3) is 1.00. The number of hydrogen-bond donors (Lipinski definition) is 0. The van der Waals surface area contributed by atoms with Crippen LogP contribution in [0.4, 0.5) is 0 Å². The van der Waals surface area contributed by atoms with E-state index in [9.17, 15) is 0 Å². The minimum absolute atomic E-state index is 1.17. The van der Waals surface area contributed by atoms with Crippen molar-refractivity contribution in [2.75, 3.05) is 0 Å². The first-order chi connectivity index (χ1) is 7.93. The zero-order chi connectivity index (χ0) is 10.5. The van der Waals surface area contributed by atoms with E-state index in [1.54, 1.807) is 64.2 Å². The summed E-state index contributed by atoms with van der Waals surface area (Å²) in [5, 5.41) is 0. The van der Waals surface area contributed by atoms with Crippen molar-refractivity contribution in [2.45, 2.75) is 64.2 Å². The van der Waals surface area contributed by atoms with Gasteiger partial charge < -0.3 is 0 Å². The van der Waals surface area contributed by atoms with Crippen LogP contribution in [0.25, 0.3) is 0 Å². The van der Waals surface area contributed by atoms with Gasteiger partial charge in [0.25, 0.3) is 0 Å². The fourth-order valence-electron chi connectivity index (χ4n) is 6.22. The largest absolute Gasteiger partial charge is 0.0530 e. The molecule has 6 unspecified atom stereocenters. The highest BCUT2D eigenvalue weighted by molar-refractivity contribution is 5.02. The zero-order valence-corrected chi connectivity index (χ0v) is 10.5. The molecule has 4 saturated carbocycles. The SMILES string of the molecule is C1CCC2C(C1)CC1C3CCCCC3CC21. The highest BCUT2D eigenvalue weighted by Crippen LogP contribution is 2.61. The van der Waals surface area contributed by atoms with Crippen LogP contribution in [-0.4, -0.2) is 0 Å². The number of fused-ring (bicyclic) bond motifs is 5. The first-order valence-corrected chi connectivity index (χ1v) is 7.93. The Hall–Kier alpha value is 0. The van der Waals surface area contributed by atoms with Gasteiger partial charge in [-0.15, -0.1) is 0 Å². The third kappa shape index (κ3) is 1.34. The molecule has 4 aliphatic rings. The lowest BCUT2D eigenvalue weighted by molar-refractivity contribution is 0.199. The molecule has 0 aliphatic heterocycles. The van der Waals surface area contributed by atoms with Gasteiger partial charge in [-0.1, -0.05) is 38.5 Å². The standard InChI is InChI=1S/C16H26/c1-3-7-13-11(5-1)9-15-14-8-4-2-6-12(14)10-16(13)15/h11-16H,1-10H2. The van der Waals surface area contributed by atoms with E-state index in [1.165, 1.54) is 35.5 Å². The van der Waals surface area contributed by atoms with E-state index in [4.69, 9.17) is 0 Å². The monoisotopic (exact) mass is 218 g/mol. The van der Waals surface area contributed by atoms with Crippen LogP contribution in [0.1, 0.15) is 64.2 Å². The van der Waals surface area contributed by atoms with E-state index in [0.29, 0.717) is 0 Å². The van der Waals surface area contributed by atoms with E-state index in [1.807, 2.05) is 0 Å². The summed E-state index contributed by atoms with van der Waals surface area (Å²) in [4.78, 5) is 0. The molecule has 0 aromatic rings. The van der Waals surface area contributed by atoms with Gasteiger partial charge in [0.1, 0.15) is 0 Å². The average molecular weight is 218 g/mol. The second kappa shape index (κ2) is 3.75. The molecular weight excluding hydrogens is 192 g/mol. The Bertz CT molecular complexity index is 241. The molecule has 16 heavy (non-hydrogen) atoms. The molecule has 0 radical (unpaired) electrons. The van der Waals surface area contributed by atoms with Gasteiger partial charge in [-0.3, -0.25) is 0 Å². The number of hydrogen-bond acceptors (Lipinski definition) is 0. The van der Waals surface area contributed by atoms with Crippen LogP contribution in [0.5, 0.6) is 0 Å². The molecule has 0 N–H and O–H groups in total. The molecule has 4 aliphatic carbocycles. The molecule has 0 aromatic heterocycles. The maximum absolute atomic E-state index is 1.65. The van der Waals surface area contributed by atoms with Crippen LogP contribution in [-0.2, 0) is 0 Å². The Kier molecular flexibility index (Phi) is 2.34. The van der Waals surface area contributed by atoms with E-state index in [0.717, 1.165) is 0 Å². The van der Waals surface area contributed by atoms with Crippen molar-refractivity contribution in [1.29, 1.82) is 0 Å². The van der Waals surface area contributed by atoms with E-state index in [-0.39, 0.29) is 0 Å². The van der Waals surface area contributed by atoms with Gasteiger partial charge in [-0.25, -0.2) is 0 Å². The molecule has 6 atom stereocenters. The fourth-order valence-corrected chi connectivity index (χ4v) is 6.22. The number of rotatable bonds is 0. The molecule has 0 amide bonds. The van der Waals surface area contributed by atoms with Crippen molar-refractivity contribution in [3.8, 4) is 0 Å². The molecule has 0 saturated heterocycles. The minimum Gasteiger partial charge on any atom is -0.0530 e. The quantitative estimate of drug-likeness (QED) is 0.555. The van der Waals surface area contributed by atoms with Crippen LogP contribution in [0.2, 0.25) is 0 Å². The average Bonchev–Trinajstić information content (AvgIpc) is 2.85. The Morgan fingerprint density at radius 2 is 0.875 bits per heavy atom. The van der Waals surface area contributed by atoms with Crippen molar-refractivity contribution in [1.82, 2.24) is 0 Å². The van der Waals surface area contributed by atoms with Gasteiger partial charge >= 0.3 is 0 Å². The molecule has 0 bridgehead atoms. The zero-order valence-electron chi connectivity index (χ0n) is 10.5. The smallest absolute Gasteiger partial charge is 0.0349 e. The third-order valence-corrected chi connectivity index (χ3v) is 6.74. The summed E-state index contributed by atoms with van der Waals surface area (Å²) in [7, 11) is 0. The van der Waals surface area contributed by atoms with Crippen LogP contribution in [0.3, 0.4) is 0 Å². The van der Waals surface area contributed by atoms with Crippen LogP contribution < -0.4 is 0 Å². The first kappa shape index (κ1) is 9.97. The summed E-state index contributed by atoms with van der Waals surface area (Å²) in [5.41, 5.74) is 0. The van der Waals surface area contributed by atoms with Gasteiger partial charge in [0, 0.05) is 0 Å². The summed E-state index contributed by atoms with van der Waals surface area (Å²) >= 11 is 0.